The number of hydrogen-bond donors (Lipinski definition) is 1. The lowest BCUT2D eigenvalue weighted by atomic mass is 10.1. The number of nitrogens with zero attached hydrogens (tertiary/aromatic N) is 1. The summed E-state index contributed by atoms with van der Waals surface area (Å²) in [6, 6.07) is 15.1. The molecule has 1 aliphatic rings. The summed E-state index contributed by atoms with van der Waals surface area (Å²) in [4.78, 5) is 14.4. The summed E-state index contributed by atoms with van der Waals surface area (Å²) in [6.45, 7) is 2.26. The Labute approximate surface area is 147 Å². The summed E-state index contributed by atoms with van der Waals surface area (Å²) < 4.78 is 5.80. The Morgan fingerprint density at radius 3 is 2.79 bits per heavy atom. The predicted octanol–water partition coefficient (Wildman–Crippen LogP) is 3.35. The number of nitrogens with one attached hydrogen (secondary N) is 1. The first-order chi connectivity index (χ1) is 11.6. The van der Waals surface area contributed by atoms with Gasteiger partial charge < -0.3 is 15.0 Å². The maximum atomic E-state index is 12.6. The Hall–Kier alpha value is -2.04. The molecule has 0 aromatic heterocycles. The van der Waals surface area contributed by atoms with Crippen LogP contribution in [0.1, 0.15) is 22.3 Å². The number of carbonyl (C=O) groups is 1. The second-order valence-electron chi connectivity index (χ2n) is 6.01. The van der Waals surface area contributed by atoms with Crippen LogP contribution in [0.3, 0.4) is 0 Å². The van der Waals surface area contributed by atoms with Gasteiger partial charge in [-0.25, -0.2) is 0 Å². The molecular weight excluding hydrogens is 324 g/mol. The fraction of sp³-hybridized carbons (Fsp3) is 0.316. The van der Waals surface area contributed by atoms with Crippen LogP contribution in [0.4, 0.5) is 0 Å². The molecule has 0 saturated carbocycles. The van der Waals surface area contributed by atoms with Crippen molar-refractivity contribution in [1.29, 1.82) is 0 Å². The molecule has 0 spiro atoms. The van der Waals surface area contributed by atoms with Gasteiger partial charge in [0.1, 0.15) is 12.4 Å². The van der Waals surface area contributed by atoms with Gasteiger partial charge in [-0.2, -0.15) is 0 Å². The smallest absolute Gasteiger partial charge is 0.254 e. The fourth-order valence-corrected chi connectivity index (χ4v) is 2.93. The summed E-state index contributed by atoms with van der Waals surface area (Å²) in [7, 11) is 1.86. The molecular formula is C19H21ClN2O2. The molecule has 1 N–H and O–H groups in total. The van der Waals surface area contributed by atoms with E-state index in [1.54, 1.807) is 6.07 Å². The third kappa shape index (κ3) is 4.08. The average molecular weight is 345 g/mol. The van der Waals surface area contributed by atoms with Crippen molar-refractivity contribution in [1.82, 2.24) is 10.2 Å². The summed E-state index contributed by atoms with van der Waals surface area (Å²) in [6.07, 6.45) is 0.995. The first-order valence-corrected chi connectivity index (χ1v) is 8.46. The number of rotatable bonds is 5. The van der Waals surface area contributed by atoms with Crippen molar-refractivity contribution in [3.8, 4) is 5.75 Å². The topological polar surface area (TPSA) is 41.6 Å². The largest absolute Gasteiger partial charge is 0.489 e. The number of likely N-dealkylation sites (N-methyl/N-ethyl adjacent to an activating group) is 1. The van der Waals surface area contributed by atoms with E-state index >= 15 is 0 Å². The van der Waals surface area contributed by atoms with E-state index < -0.39 is 0 Å². The van der Waals surface area contributed by atoms with E-state index in [2.05, 4.69) is 5.32 Å². The molecule has 1 amide bonds. The van der Waals surface area contributed by atoms with E-state index in [1.807, 2.05) is 54.4 Å². The average Bonchev–Trinajstić information content (AvgIpc) is 3.15. The number of amides is 1. The SMILES string of the molecule is CN(C(=O)c1cccc(OCc2ccc(Cl)cc2)c1)C1CCNC1. The number of benzene rings is 2. The van der Waals surface area contributed by atoms with Gasteiger partial charge in [0, 0.05) is 30.2 Å². The Kier molecular flexibility index (Phi) is 5.38. The van der Waals surface area contributed by atoms with E-state index in [0.717, 1.165) is 25.1 Å². The van der Waals surface area contributed by atoms with Crippen LogP contribution in [0.25, 0.3) is 0 Å². The molecule has 5 heteroatoms. The van der Waals surface area contributed by atoms with Gasteiger partial charge in [0.2, 0.25) is 0 Å². The Morgan fingerprint density at radius 2 is 2.08 bits per heavy atom. The van der Waals surface area contributed by atoms with E-state index in [9.17, 15) is 4.79 Å². The highest BCUT2D eigenvalue weighted by molar-refractivity contribution is 6.30. The molecule has 1 aliphatic heterocycles. The number of ether oxygens (including phenoxy) is 1. The molecule has 0 bridgehead atoms. The van der Waals surface area contributed by atoms with Crippen LogP contribution >= 0.6 is 11.6 Å². The Bertz CT molecular complexity index is 697. The second-order valence-corrected chi connectivity index (χ2v) is 6.44. The van der Waals surface area contributed by atoms with Gasteiger partial charge in [0.15, 0.2) is 0 Å². The van der Waals surface area contributed by atoms with Crippen molar-refractivity contribution in [2.24, 2.45) is 0 Å². The standard InChI is InChI=1S/C19H21ClN2O2/c1-22(17-9-10-21-12-17)19(23)15-3-2-4-18(11-15)24-13-14-5-7-16(20)8-6-14/h2-8,11,17,21H,9-10,12-13H2,1H3. The molecule has 0 radical (unpaired) electrons. The van der Waals surface area contributed by atoms with Crippen molar-refractivity contribution < 1.29 is 9.53 Å². The lowest BCUT2D eigenvalue weighted by Crippen LogP contribution is -2.38. The molecule has 1 unspecified atom stereocenters. The van der Waals surface area contributed by atoms with Gasteiger partial charge in [-0.05, 0) is 48.9 Å². The summed E-state index contributed by atoms with van der Waals surface area (Å²) in [5.41, 5.74) is 1.68. The van der Waals surface area contributed by atoms with E-state index in [-0.39, 0.29) is 11.9 Å². The molecule has 1 saturated heterocycles. The Morgan fingerprint density at radius 1 is 1.29 bits per heavy atom. The molecule has 0 aliphatic carbocycles. The lowest BCUT2D eigenvalue weighted by Gasteiger charge is -2.24. The number of carbonyl (C=O) groups excluding carboxylic acids is 1. The van der Waals surface area contributed by atoms with E-state index in [1.165, 1.54) is 0 Å². The van der Waals surface area contributed by atoms with E-state index in [0.29, 0.717) is 22.9 Å². The molecule has 1 atom stereocenters. The normalized spacial score (nSPS) is 16.8. The highest BCUT2D eigenvalue weighted by atomic mass is 35.5. The van der Waals surface area contributed by atoms with Crippen molar-refractivity contribution >= 4 is 17.5 Å². The molecule has 4 nitrogen and oxygen atoms in total. The second kappa shape index (κ2) is 7.69. The summed E-state index contributed by atoms with van der Waals surface area (Å²) >= 11 is 5.88. The fourth-order valence-electron chi connectivity index (χ4n) is 2.81. The zero-order valence-electron chi connectivity index (χ0n) is 13.7. The predicted molar refractivity (Wildman–Crippen MR) is 95.6 cm³/mol. The Balaban J connectivity index is 1.64. The van der Waals surface area contributed by atoms with Crippen LogP contribution in [-0.2, 0) is 6.61 Å². The zero-order chi connectivity index (χ0) is 16.9. The monoisotopic (exact) mass is 344 g/mol. The van der Waals surface area contributed by atoms with Gasteiger partial charge in [0.05, 0.1) is 0 Å². The van der Waals surface area contributed by atoms with Crippen LogP contribution in [0.5, 0.6) is 5.75 Å². The summed E-state index contributed by atoms with van der Waals surface area (Å²) in [5.74, 6) is 0.717. The van der Waals surface area contributed by atoms with Crippen molar-refractivity contribution in [3.63, 3.8) is 0 Å². The zero-order valence-corrected chi connectivity index (χ0v) is 14.4. The van der Waals surface area contributed by atoms with Gasteiger partial charge in [-0.1, -0.05) is 29.8 Å². The van der Waals surface area contributed by atoms with Gasteiger partial charge in [-0.15, -0.1) is 0 Å². The van der Waals surface area contributed by atoms with Crippen LogP contribution in [-0.4, -0.2) is 37.0 Å². The maximum absolute atomic E-state index is 12.6. The van der Waals surface area contributed by atoms with Crippen LogP contribution < -0.4 is 10.1 Å². The third-order valence-corrected chi connectivity index (χ3v) is 4.55. The minimum absolute atomic E-state index is 0.0284. The molecule has 1 fully saturated rings. The molecule has 2 aromatic carbocycles. The molecule has 2 aromatic rings. The molecule has 3 rings (SSSR count). The molecule has 126 valence electrons. The minimum Gasteiger partial charge on any atom is -0.489 e. The number of hydrogen-bond acceptors (Lipinski definition) is 3. The highest BCUT2D eigenvalue weighted by Crippen LogP contribution is 2.19. The van der Waals surface area contributed by atoms with Crippen LogP contribution in [0.2, 0.25) is 5.02 Å². The maximum Gasteiger partial charge on any atom is 0.254 e. The quantitative estimate of drug-likeness (QED) is 0.904. The lowest BCUT2D eigenvalue weighted by molar-refractivity contribution is 0.0743. The van der Waals surface area contributed by atoms with Gasteiger partial charge >= 0.3 is 0 Å². The van der Waals surface area contributed by atoms with Crippen molar-refractivity contribution in [2.45, 2.75) is 19.1 Å². The van der Waals surface area contributed by atoms with Gasteiger partial charge in [0.25, 0.3) is 5.91 Å². The van der Waals surface area contributed by atoms with Crippen molar-refractivity contribution in [2.75, 3.05) is 20.1 Å². The van der Waals surface area contributed by atoms with Crippen LogP contribution in [0, 0.1) is 0 Å². The van der Waals surface area contributed by atoms with E-state index in [4.69, 9.17) is 16.3 Å². The highest BCUT2D eigenvalue weighted by Gasteiger charge is 2.24. The number of halogens is 1. The third-order valence-electron chi connectivity index (χ3n) is 4.30. The molecule has 24 heavy (non-hydrogen) atoms. The van der Waals surface area contributed by atoms with Crippen LogP contribution in [0.15, 0.2) is 48.5 Å². The van der Waals surface area contributed by atoms with Crippen molar-refractivity contribution in [3.05, 3.63) is 64.7 Å². The summed E-state index contributed by atoms with van der Waals surface area (Å²) in [5, 5.41) is 3.99. The first kappa shape index (κ1) is 16.8. The molecule has 1 heterocycles. The minimum atomic E-state index is 0.0284. The first-order valence-electron chi connectivity index (χ1n) is 8.08. The van der Waals surface area contributed by atoms with Gasteiger partial charge in [-0.3, -0.25) is 4.79 Å².